The molecule has 0 aliphatic rings. The van der Waals surface area contributed by atoms with Gasteiger partial charge in [0.1, 0.15) is 16.8 Å². The zero-order valence-electron chi connectivity index (χ0n) is 17.6. The van der Waals surface area contributed by atoms with Crippen LogP contribution in [0.1, 0.15) is 6.42 Å². The van der Waals surface area contributed by atoms with Crippen molar-refractivity contribution in [2.75, 3.05) is 44.6 Å². The molecule has 0 unspecified atom stereocenters. The Kier molecular flexibility index (Phi) is 5.68. The maximum Gasteiger partial charge on any atom is 0.239 e. The molecule has 0 aliphatic heterocycles. The molecule has 3 aromatic carbocycles. The first-order chi connectivity index (χ1) is 14.6. The van der Waals surface area contributed by atoms with Crippen LogP contribution in [0.3, 0.4) is 0 Å². The van der Waals surface area contributed by atoms with Gasteiger partial charge in [-0.2, -0.15) is 0 Å². The van der Waals surface area contributed by atoms with Crippen LogP contribution in [0, 0.1) is 0 Å². The first-order valence-electron chi connectivity index (χ1n) is 10.1. The van der Waals surface area contributed by atoms with E-state index in [1.165, 1.54) is 0 Å². The van der Waals surface area contributed by atoms with E-state index in [1.54, 1.807) is 7.11 Å². The molecule has 0 aliphatic carbocycles. The predicted octanol–water partition coefficient (Wildman–Crippen LogP) is 3.53. The lowest BCUT2D eigenvalue weighted by Crippen LogP contribution is -2.33. The van der Waals surface area contributed by atoms with Gasteiger partial charge in [-0.15, -0.1) is 4.57 Å². The van der Waals surface area contributed by atoms with Gasteiger partial charge in [0.05, 0.1) is 7.11 Å². The minimum atomic E-state index is 0.173. The maximum atomic E-state index is 9.07. The van der Waals surface area contributed by atoms with Crippen LogP contribution in [0.5, 0.6) is 5.75 Å². The molecule has 4 rings (SSSR count). The van der Waals surface area contributed by atoms with E-state index < -0.39 is 0 Å². The van der Waals surface area contributed by atoms with E-state index in [9.17, 15) is 0 Å². The van der Waals surface area contributed by atoms with E-state index >= 15 is 0 Å². The summed E-state index contributed by atoms with van der Waals surface area (Å²) in [5.74, 6) is 0.822. The number of benzene rings is 3. The molecule has 0 radical (unpaired) electrons. The highest BCUT2D eigenvalue weighted by Crippen LogP contribution is 2.24. The van der Waals surface area contributed by atoms with Crippen LogP contribution in [0.15, 0.2) is 60.7 Å². The molecule has 154 valence electrons. The van der Waals surface area contributed by atoms with E-state index in [-0.39, 0.29) is 6.61 Å². The van der Waals surface area contributed by atoms with Gasteiger partial charge >= 0.3 is 0 Å². The van der Waals surface area contributed by atoms with E-state index in [4.69, 9.17) is 14.8 Å². The Morgan fingerprint density at radius 2 is 1.67 bits per heavy atom. The number of fused-ring (bicyclic) bond motifs is 2. The highest BCUT2D eigenvalue weighted by Gasteiger charge is 2.21. The predicted molar refractivity (Wildman–Crippen MR) is 122 cm³/mol. The second kappa shape index (κ2) is 8.55. The van der Waals surface area contributed by atoms with Crippen molar-refractivity contribution in [2.24, 2.45) is 0 Å². The Balaban J connectivity index is 1.97. The van der Waals surface area contributed by atoms with Crippen molar-refractivity contribution in [1.29, 1.82) is 0 Å². The highest BCUT2D eigenvalue weighted by molar-refractivity contribution is 5.86. The van der Waals surface area contributed by atoms with Gasteiger partial charge in [0.25, 0.3) is 0 Å². The summed E-state index contributed by atoms with van der Waals surface area (Å²) in [4.78, 5) is 7.00. The van der Waals surface area contributed by atoms with Crippen molar-refractivity contribution in [3.05, 3.63) is 60.7 Å². The summed E-state index contributed by atoms with van der Waals surface area (Å²) in [7, 11) is 5.75. The van der Waals surface area contributed by atoms with E-state index in [0.29, 0.717) is 6.42 Å². The van der Waals surface area contributed by atoms with Gasteiger partial charge in [-0.3, -0.25) is 0 Å². The molecule has 6 heteroatoms. The van der Waals surface area contributed by atoms with E-state index in [0.717, 1.165) is 51.4 Å². The Hall–Kier alpha value is -3.38. The summed E-state index contributed by atoms with van der Waals surface area (Å²) in [6, 6.07) is 20.6. The topological polar surface area (TPSA) is 61.5 Å². The normalized spacial score (nSPS) is 11.1. The zero-order chi connectivity index (χ0) is 21.1. The van der Waals surface area contributed by atoms with Crippen molar-refractivity contribution >= 4 is 33.4 Å². The summed E-state index contributed by atoms with van der Waals surface area (Å²) < 4.78 is 7.58. The number of hydrogen-bond acceptors (Lipinski definition) is 5. The number of hydrogen-bond donors (Lipinski definition) is 2. The summed E-state index contributed by atoms with van der Waals surface area (Å²) in [6.07, 6.45) is 0.707. The molecule has 0 spiro atoms. The lowest BCUT2D eigenvalue weighted by Gasteiger charge is -2.13. The summed E-state index contributed by atoms with van der Waals surface area (Å²) >= 11 is 0. The second-order valence-corrected chi connectivity index (χ2v) is 7.42. The number of methoxy groups -OCH3 is 1. The van der Waals surface area contributed by atoms with Gasteiger partial charge in [-0.1, -0.05) is 0 Å². The monoisotopic (exact) mass is 403 g/mol. The highest BCUT2D eigenvalue weighted by atomic mass is 16.5. The van der Waals surface area contributed by atoms with Crippen molar-refractivity contribution in [3.63, 3.8) is 0 Å². The zero-order valence-corrected chi connectivity index (χ0v) is 17.6. The Bertz CT molecular complexity index is 1170. The Morgan fingerprint density at radius 1 is 0.967 bits per heavy atom. The molecule has 4 aromatic rings. The lowest BCUT2D eigenvalue weighted by atomic mass is 10.1. The van der Waals surface area contributed by atoms with Crippen LogP contribution in [-0.4, -0.2) is 44.4 Å². The van der Waals surface area contributed by atoms with Crippen molar-refractivity contribution in [2.45, 2.75) is 6.42 Å². The minimum Gasteiger partial charge on any atom is -0.497 e. The lowest BCUT2D eigenvalue weighted by molar-refractivity contribution is -0.538. The van der Waals surface area contributed by atoms with Crippen LogP contribution in [0.4, 0.5) is 11.4 Å². The molecule has 1 heterocycles. The first-order valence-corrected chi connectivity index (χ1v) is 10.1. The summed E-state index contributed by atoms with van der Waals surface area (Å²) in [5, 5.41) is 12.5. The summed E-state index contributed by atoms with van der Waals surface area (Å²) in [5.41, 5.74) is 7.06. The van der Waals surface area contributed by atoms with Crippen LogP contribution in [-0.2, 0) is 0 Å². The van der Waals surface area contributed by atoms with Gasteiger partial charge in [0.2, 0.25) is 16.7 Å². The smallest absolute Gasteiger partial charge is 0.239 e. The number of anilines is 2. The third-order valence-electron chi connectivity index (χ3n) is 5.17. The van der Waals surface area contributed by atoms with Crippen molar-refractivity contribution in [1.82, 2.24) is 4.98 Å². The molecule has 0 saturated carbocycles. The first kappa shape index (κ1) is 19.9. The number of aliphatic hydroxyl groups is 1. The number of aromatic nitrogens is 2. The molecule has 0 saturated heterocycles. The molecule has 6 nitrogen and oxygen atoms in total. The number of nitrogens with one attached hydrogen (secondary N) is 1. The molecule has 0 fully saturated rings. The maximum absolute atomic E-state index is 9.07. The number of aliphatic hydroxyl groups excluding tert-OH is 1. The van der Waals surface area contributed by atoms with Crippen molar-refractivity contribution < 1.29 is 14.4 Å². The number of ether oxygens (including phenoxy) is 1. The molecule has 2 N–H and O–H groups in total. The molecular weight excluding hydrogens is 376 g/mol. The standard InChI is InChI=1S/C24H26N4O2/c1-27(2)19-8-12-22-24(16-19)28(18-6-9-20(30-3)10-7-18)23-15-17(25-13-4-14-29)5-11-21(23)26-22/h5-12,15-16,29H,4,13-14H2,1-3H3/p+1. The number of rotatable bonds is 7. The molecular formula is C24H27N4O2+. The molecule has 30 heavy (non-hydrogen) atoms. The third-order valence-corrected chi connectivity index (χ3v) is 5.17. The average Bonchev–Trinajstić information content (AvgIpc) is 2.77. The van der Waals surface area contributed by atoms with E-state index in [1.807, 2.05) is 38.4 Å². The van der Waals surface area contributed by atoms with Crippen molar-refractivity contribution in [3.8, 4) is 11.4 Å². The Morgan fingerprint density at radius 3 is 2.33 bits per heavy atom. The van der Waals surface area contributed by atoms with Gasteiger partial charge in [0.15, 0.2) is 0 Å². The fraction of sp³-hybridized carbons (Fsp3) is 0.250. The largest absolute Gasteiger partial charge is 0.497 e. The quantitative estimate of drug-likeness (QED) is 0.281. The molecule has 0 atom stereocenters. The molecule has 0 bridgehead atoms. The molecule has 1 aromatic heterocycles. The minimum absolute atomic E-state index is 0.173. The van der Waals surface area contributed by atoms with Gasteiger partial charge in [0, 0.05) is 62.9 Å². The third kappa shape index (κ3) is 3.86. The van der Waals surface area contributed by atoms with Gasteiger partial charge in [-0.25, -0.2) is 4.98 Å². The average molecular weight is 404 g/mol. The van der Waals surface area contributed by atoms with Crippen LogP contribution in [0.2, 0.25) is 0 Å². The SMILES string of the molecule is COc1ccc(-[n+]2c3cc(NCCCO)ccc3nc3ccc(N(C)C)cc32)cc1. The Labute approximate surface area is 176 Å². The fourth-order valence-electron chi connectivity index (χ4n) is 3.55. The van der Waals surface area contributed by atoms with Gasteiger partial charge < -0.3 is 20.1 Å². The number of nitrogens with zero attached hydrogens (tertiary/aromatic N) is 3. The van der Waals surface area contributed by atoms with Gasteiger partial charge in [-0.05, 0) is 42.8 Å². The molecule has 0 amide bonds. The second-order valence-electron chi connectivity index (χ2n) is 7.42. The fourth-order valence-corrected chi connectivity index (χ4v) is 3.55. The van der Waals surface area contributed by atoms with E-state index in [2.05, 4.69) is 51.2 Å². The van der Waals surface area contributed by atoms with Crippen LogP contribution in [0.25, 0.3) is 27.8 Å². The van der Waals surface area contributed by atoms with Crippen LogP contribution >= 0.6 is 0 Å². The van der Waals surface area contributed by atoms with Crippen LogP contribution < -0.4 is 19.5 Å². The summed E-state index contributed by atoms with van der Waals surface area (Å²) in [6.45, 7) is 0.891.